The van der Waals surface area contributed by atoms with Crippen molar-refractivity contribution in [3.05, 3.63) is 23.8 Å². The van der Waals surface area contributed by atoms with E-state index in [1.807, 2.05) is 6.92 Å². The second-order valence-electron chi connectivity index (χ2n) is 4.76. The van der Waals surface area contributed by atoms with Gasteiger partial charge < -0.3 is 25.6 Å². The van der Waals surface area contributed by atoms with Crippen LogP contribution >= 0.6 is 0 Å². The minimum absolute atomic E-state index is 0.139. The van der Waals surface area contributed by atoms with Crippen molar-refractivity contribution in [3.63, 3.8) is 0 Å². The molecule has 1 aliphatic heterocycles. The summed E-state index contributed by atoms with van der Waals surface area (Å²) in [5, 5.41) is 18.8. The zero-order valence-corrected chi connectivity index (χ0v) is 10.7. The summed E-state index contributed by atoms with van der Waals surface area (Å²) in [5.74, 6) is -0.527. The van der Waals surface area contributed by atoms with Crippen LogP contribution in [0.1, 0.15) is 17.3 Å². The topological polar surface area (TPSA) is 96.0 Å². The van der Waals surface area contributed by atoms with E-state index in [1.54, 1.807) is 4.90 Å². The maximum Gasteiger partial charge on any atom is 0.254 e. The molecule has 1 amide bonds. The van der Waals surface area contributed by atoms with Crippen LogP contribution in [0.4, 0.5) is 0 Å². The molecule has 1 fully saturated rings. The van der Waals surface area contributed by atoms with Gasteiger partial charge in [0.2, 0.25) is 0 Å². The van der Waals surface area contributed by atoms with Gasteiger partial charge in [0.1, 0.15) is 11.5 Å². The minimum atomic E-state index is -0.250. The number of benzene rings is 1. The van der Waals surface area contributed by atoms with Gasteiger partial charge in [-0.2, -0.15) is 0 Å². The van der Waals surface area contributed by atoms with Gasteiger partial charge in [0.25, 0.3) is 5.91 Å². The van der Waals surface area contributed by atoms with Gasteiger partial charge in [0.15, 0.2) is 0 Å². The summed E-state index contributed by atoms with van der Waals surface area (Å²) in [4.78, 5) is 13.9. The molecule has 1 heterocycles. The Balaban J connectivity index is 2.14. The molecule has 2 atom stereocenters. The maximum atomic E-state index is 12.3. The average molecular weight is 266 g/mol. The largest absolute Gasteiger partial charge is 0.508 e. The summed E-state index contributed by atoms with van der Waals surface area (Å²) < 4.78 is 5.49. The van der Waals surface area contributed by atoms with Crippen LogP contribution in [0.15, 0.2) is 18.2 Å². The SMILES string of the molecule is CC(N)C1CN(C(=O)c2cc(O)cc(O)c2)CCO1. The van der Waals surface area contributed by atoms with Crippen LogP contribution in [-0.4, -0.2) is 52.9 Å². The molecule has 19 heavy (non-hydrogen) atoms. The zero-order chi connectivity index (χ0) is 14.0. The molecule has 104 valence electrons. The van der Waals surface area contributed by atoms with E-state index in [0.29, 0.717) is 19.7 Å². The Morgan fingerprint density at radius 2 is 2.05 bits per heavy atom. The van der Waals surface area contributed by atoms with Gasteiger partial charge in [-0.25, -0.2) is 0 Å². The number of aromatic hydroxyl groups is 2. The van der Waals surface area contributed by atoms with Crippen LogP contribution in [0, 0.1) is 0 Å². The normalized spacial score (nSPS) is 21.2. The lowest BCUT2D eigenvalue weighted by Gasteiger charge is -2.34. The first-order valence-electron chi connectivity index (χ1n) is 6.17. The highest BCUT2D eigenvalue weighted by Crippen LogP contribution is 2.22. The molecule has 6 heteroatoms. The van der Waals surface area contributed by atoms with Gasteiger partial charge in [0, 0.05) is 30.8 Å². The van der Waals surface area contributed by atoms with E-state index in [9.17, 15) is 15.0 Å². The number of carbonyl (C=O) groups excluding carboxylic acids is 1. The number of hydrogen-bond acceptors (Lipinski definition) is 5. The Hall–Kier alpha value is -1.79. The molecule has 4 N–H and O–H groups in total. The van der Waals surface area contributed by atoms with Crippen molar-refractivity contribution < 1.29 is 19.7 Å². The average Bonchev–Trinajstić information content (AvgIpc) is 2.37. The van der Waals surface area contributed by atoms with Crippen molar-refractivity contribution in [2.24, 2.45) is 5.73 Å². The highest BCUT2D eigenvalue weighted by Gasteiger charge is 2.27. The molecule has 0 bridgehead atoms. The Kier molecular flexibility index (Phi) is 3.92. The second-order valence-corrected chi connectivity index (χ2v) is 4.76. The van der Waals surface area contributed by atoms with E-state index in [0.717, 1.165) is 0 Å². The highest BCUT2D eigenvalue weighted by atomic mass is 16.5. The Labute approximate surface area is 111 Å². The van der Waals surface area contributed by atoms with Gasteiger partial charge in [0.05, 0.1) is 12.7 Å². The molecular weight excluding hydrogens is 248 g/mol. The van der Waals surface area contributed by atoms with Crippen molar-refractivity contribution in [3.8, 4) is 11.5 Å². The van der Waals surface area contributed by atoms with E-state index in [-0.39, 0.29) is 35.1 Å². The molecule has 1 saturated heterocycles. The third kappa shape index (κ3) is 3.15. The lowest BCUT2D eigenvalue weighted by atomic mass is 10.1. The highest BCUT2D eigenvalue weighted by molar-refractivity contribution is 5.95. The molecular formula is C13H18N2O4. The molecule has 0 radical (unpaired) electrons. The van der Waals surface area contributed by atoms with E-state index in [1.165, 1.54) is 18.2 Å². The summed E-state index contributed by atoms with van der Waals surface area (Å²) >= 11 is 0. The smallest absolute Gasteiger partial charge is 0.254 e. The van der Waals surface area contributed by atoms with Gasteiger partial charge in [-0.05, 0) is 19.1 Å². The first-order chi connectivity index (χ1) is 8.97. The molecule has 0 aliphatic carbocycles. The number of nitrogens with two attached hydrogens (primary N) is 1. The number of amides is 1. The zero-order valence-electron chi connectivity index (χ0n) is 10.7. The molecule has 1 aromatic carbocycles. The third-order valence-electron chi connectivity index (χ3n) is 3.12. The molecule has 6 nitrogen and oxygen atoms in total. The van der Waals surface area contributed by atoms with Crippen molar-refractivity contribution in [1.82, 2.24) is 4.90 Å². The summed E-state index contributed by atoms with van der Waals surface area (Å²) in [6.45, 7) is 3.15. The number of ether oxygens (including phenoxy) is 1. The van der Waals surface area contributed by atoms with Gasteiger partial charge in [-0.1, -0.05) is 0 Å². The summed E-state index contributed by atoms with van der Waals surface area (Å²) in [6, 6.07) is 3.69. The quantitative estimate of drug-likeness (QED) is 0.715. The van der Waals surface area contributed by atoms with Crippen LogP contribution in [0.5, 0.6) is 11.5 Å². The van der Waals surface area contributed by atoms with Crippen LogP contribution in [0.2, 0.25) is 0 Å². The van der Waals surface area contributed by atoms with Crippen molar-refractivity contribution in [2.45, 2.75) is 19.1 Å². The summed E-state index contributed by atoms with van der Waals surface area (Å²) in [7, 11) is 0. The Morgan fingerprint density at radius 3 is 2.63 bits per heavy atom. The van der Waals surface area contributed by atoms with Crippen LogP contribution < -0.4 is 5.73 Å². The molecule has 0 aromatic heterocycles. The molecule has 0 saturated carbocycles. The lowest BCUT2D eigenvalue weighted by Crippen LogP contribution is -2.51. The molecule has 1 aromatic rings. The number of morpholine rings is 1. The number of carbonyl (C=O) groups is 1. The van der Waals surface area contributed by atoms with Gasteiger partial charge >= 0.3 is 0 Å². The minimum Gasteiger partial charge on any atom is -0.508 e. The molecule has 1 aliphatic rings. The molecule has 2 unspecified atom stereocenters. The number of rotatable bonds is 2. The predicted molar refractivity (Wildman–Crippen MR) is 69.1 cm³/mol. The maximum absolute atomic E-state index is 12.3. The predicted octanol–water partition coefficient (Wildman–Crippen LogP) is 0.286. The summed E-state index contributed by atoms with van der Waals surface area (Å²) in [6.07, 6.45) is -0.191. The summed E-state index contributed by atoms with van der Waals surface area (Å²) in [5.41, 5.74) is 6.03. The van der Waals surface area contributed by atoms with Crippen LogP contribution in [-0.2, 0) is 4.74 Å². The molecule has 2 rings (SSSR count). The van der Waals surface area contributed by atoms with Gasteiger partial charge in [-0.3, -0.25) is 4.79 Å². The van der Waals surface area contributed by atoms with E-state index in [4.69, 9.17) is 10.5 Å². The number of phenolic OH excluding ortho intramolecular Hbond substituents is 2. The van der Waals surface area contributed by atoms with Crippen LogP contribution in [0.3, 0.4) is 0 Å². The fraction of sp³-hybridized carbons (Fsp3) is 0.462. The van der Waals surface area contributed by atoms with Crippen molar-refractivity contribution >= 4 is 5.91 Å². The van der Waals surface area contributed by atoms with Crippen molar-refractivity contribution in [1.29, 1.82) is 0 Å². The van der Waals surface area contributed by atoms with E-state index >= 15 is 0 Å². The van der Waals surface area contributed by atoms with Gasteiger partial charge in [-0.15, -0.1) is 0 Å². The molecule has 0 spiro atoms. The fourth-order valence-electron chi connectivity index (χ4n) is 2.08. The fourth-order valence-corrected chi connectivity index (χ4v) is 2.08. The Bertz CT molecular complexity index is 455. The van der Waals surface area contributed by atoms with E-state index in [2.05, 4.69) is 0 Å². The number of nitrogens with zero attached hydrogens (tertiary/aromatic N) is 1. The van der Waals surface area contributed by atoms with E-state index < -0.39 is 0 Å². The second kappa shape index (κ2) is 5.46. The first kappa shape index (κ1) is 13.6. The number of hydrogen-bond donors (Lipinski definition) is 3. The van der Waals surface area contributed by atoms with Crippen molar-refractivity contribution in [2.75, 3.05) is 19.7 Å². The first-order valence-corrected chi connectivity index (χ1v) is 6.17. The lowest BCUT2D eigenvalue weighted by molar-refractivity contribution is -0.0300. The van der Waals surface area contributed by atoms with Crippen LogP contribution in [0.25, 0.3) is 0 Å². The standard InChI is InChI=1S/C13H18N2O4/c1-8(14)12-7-15(2-3-19-12)13(18)9-4-10(16)6-11(17)5-9/h4-6,8,12,16-17H,2-3,7,14H2,1H3. The number of phenols is 2. The Morgan fingerprint density at radius 1 is 1.42 bits per heavy atom. The third-order valence-corrected chi connectivity index (χ3v) is 3.12. The monoisotopic (exact) mass is 266 g/mol.